The Kier molecular flexibility index (Phi) is 8.15. The molecule has 6 nitrogen and oxygen atoms in total. The third kappa shape index (κ3) is 7.03. The molecule has 2 aromatic carbocycles. The van der Waals surface area contributed by atoms with Gasteiger partial charge in [0.15, 0.2) is 0 Å². The minimum absolute atomic E-state index is 0.0108. The highest BCUT2D eigenvalue weighted by molar-refractivity contribution is 5.95. The molecule has 39 heavy (non-hydrogen) atoms. The Labute approximate surface area is 221 Å². The zero-order valence-electron chi connectivity index (χ0n) is 21.2. The Morgan fingerprint density at radius 2 is 1.56 bits per heavy atom. The molecule has 212 valence electrons. The van der Waals surface area contributed by atoms with Crippen molar-refractivity contribution >= 4 is 11.8 Å². The summed E-state index contributed by atoms with van der Waals surface area (Å²) in [5.41, 5.74) is -0.883. The van der Waals surface area contributed by atoms with Crippen LogP contribution < -0.4 is 15.4 Å². The number of carbonyl (C=O) groups is 2. The monoisotopic (exact) mass is 557 g/mol. The quantitative estimate of drug-likeness (QED) is 0.467. The highest BCUT2D eigenvalue weighted by Crippen LogP contribution is 2.49. The van der Waals surface area contributed by atoms with Crippen LogP contribution in [0.15, 0.2) is 48.5 Å². The van der Waals surface area contributed by atoms with E-state index < -0.39 is 41.2 Å². The van der Waals surface area contributed by atoms with E-state index in [9.17, 15) is 35.9 Å². The van der Waals surface area contributed by atoms with Crippen molar-refractivity contribution in [3.05, 3.63) is 65.2 Å². The van der Waals surface area contributed by atoms with Crippen molar-refractivity contribution in [2.75, 3.05) is 20.1 Å². The van der Waals surface area contributed by atoms with Gasteiger partial charge in [0.1, 0.15) is 11.8 Å². The number of piperidine rings is 1. The fourth-order valence-electron chi connectivity index (χ4n) is 4.92. The number of benzene rings is 2. The maximum Gasteiger partial charge on any atom is 0.573 e. The molecule has 12 heteroatoms. The van der Waals surface area contributed by atoms with Crippen LogP contribution in [0, 0.1) is 0 Å². The first-order chi connectivity index (χ1) is 18.3. The van der Waals surface area contributed by atoms with Crippen LogP contribution in [0.1, 0.15) is 42.4 Å². The number of hydrogen-bond donors (Lipinski definition) is 2. The number of alkyl halides is 6. The number of halogens is 6. The summed E-state index contributed by atoms with van der Waals surface area (Å²) in [6.07, 6.45) is -7.04. The van der Waals surface area contributed by atoms with Gasteiger partial charge in [0.05, 0.1) is 11.0 Å². The molecule has 2 N–H and O–H groups in total. The van der Waals surface area contributed by atoms with Crippen LogP contribution in [0.5, 0.6) is 5.75 Å². The van der Waals surface area contributed by atoms with Crippen molar-refractivity contribution < 1.29 is 40.7 Å². The molecule has 1 aliphatic carbocycles. The number of ether oxygens (including phenoxy) is 1. The number of carbonyl (C=O) groups excluding carboxylic acids is 2. The van der Waals surface area contributed by atoms with Gasteiger partial charge in [0.25, 0.3) is 0 Å². The van der Waals surface area contributed by atoms with Crippen LogP contribution in [-0.2, 0) is 27.6 Å². The van der Waals surface area contributed by atoms with Crippen molar-refractivity contribution in [2.45, 2.75) is 62.1 Å². The summed E-state index contributed by atoms with van der Waals surface area (Å²) in [7, 11) is 1.84. The molecule has 2 aromatic rings. The molecule has 0 spiro atoms. The van der Waals surface area contributed by atoms with Crippen molar-refractivity contribution in [3.63, 3.8) is 0 Å². The molecule has 1 unspecified atom stereocenters. The van der Waals surface area contributed by atoms with Crippen molar-refractivity contribution in [1.82, 2.24) is 15.5 Å². The lowest BCUT2D eigenvalue weighted by Gasteiger charge is -2.34. The molecule has 2 fully saturated rings. The standard InChI is InChI=1S/C27H29F6N3O3/c1-34-20-10-14-36(15-11-20)23(37)22(16-17-2-4-19(5-3-17)26(28,29)30)35-24(38)25(12-13-25)18-6-8-21(9-7-18)39-27(31,32)33/h2-9,20,22,34H,10-16H2,1H3,(H,35,38). The normalized spacial score (nSPS) is 18.4. The molecule has 0 radical (unpaired) electrons. The Morgan fingerprint density at radius 3 is 2.05 bits per heavy atom. The SMILES string of the molecule is CNC1CCN(C(=O)C(Cc2ccc(C(F)(F)F)cc2)NC(=O)C2(c3ccc(OC(F)(F)F)cc3)CC2)CC1. The largest absolute Gasteiger partial charge is 0.573 e. The summed E-state index contributed by atoms with van der Waals surface area (Å²) < 4.78 is 80.4. The molecular weight excluding hydrogens is 528 g/mol. The lowest BCUT2D eigenvalue weighted by atomic mass is 9.93. The van der Waals surface area contributed by atoms with E-state index in [0.29, 0.717) is 37.1 Å². The summed E-state index contributed by atoms with van der Waals surface area (Å²) >= 11 is 0. The summed E-state index contributed by atoms with van der Waals surface area (Å²) in [6, 6.07) is 8.73. The van der Waals surface area contributed by atoms with Crippen LogP contribution in [0.25, 0.3) is 0 Å². The zero-order chi connectivity index (χ0) is 28.4. The summed E-state index contributed by atoms with van der Waals surface area (Å²) in [5.74, 6) is -1.20. The number of hydrogen-bond acceptors (Lipinski definition) is 4. The van der Waals surface area contributed by atoms with Gasteiger partial charge in [-0.3, -0.25) is 9.59 Å². The van der Waals surface area contributed by atoms with E-state index in [1.165, 1.54) is 24.3 Å². The van der Waals surface area contributed by atoms with E-state index in [4.69, 9.17) is 0 Å². The number of rotatable bonds is 8. The fourth-order valence-corrected chi connectivity index (χ4v) is 4.92. The smallest absolute Gasteiger partial charge is 0.406 e. The lowest BCUT2D eigenvalue weighted by Crippen LogP contribution is -2.54. The molecule has 0 aromatic heterocycles. The van der Waals surface area contributed by atoms with E-state index >= 15 is 0 Å². The third-order valence-electron chi connectivity index (χ3n) is 7.36. The van der Waals surface area contributed by atoms with Crippen molar-refractivity contribution in [3.8, 4) is 5.75 Å². The van der Waals surface area contributed by atoms with Crippen LogP contribution in [0.3, 0.4) is 0 Å². The zero-order valence-corrected chi connectivity index (χ0v) is 21.2. The number of likely N-dealkylation sites (tertiary alicyclic amines) is 1. The Bertz CT molecular complexity index is 1150. The third-order valence-corrected chi connectivity index (χ3v) is 7.36. The van der Waals surface area contributed by atoms with Crippen molar-refractivity contribution in [1.29, 1.82) is 0 Å². The van der Waals surface area contributed by atoms with Gasteiger partial charge < -0.3 is 20.3 Å². The molecule has 2 aliphatic rings. The van der Waals surface area contributed by atoms with E-state index in [1.54, 1.807) is 4.90 Å². The van der Waals surface area contributed by atoms with Crippen LogP contribution in [-0.4, -0.2) is 55.3 Å². The Balaban J connectivity index is 1.52. The summed E-state index contributed by atoms with van der Waals surface area (Å²) in [4.78, 5) is 28.6. The number of amides is 2. The van der Waals surface area contributed by atoms with Gasteiger partial charge in [0, 0.05) is 25.6 Å². The average molecular weight is 558 g/mol. The average Bonchev–Trinajstić information content (AvgIpc) is 3.69. The summed E-state index contributed by atoms with van der Waals surface area (Å²) in [6.45, 7) is 0.936. The highest BCUT2D eigenvalue weighted by Gasteiger charge is 2.52. The van der Waals surface area contributed by atoms with Gasteiger partial charge in [-0.2, -0.15) is 13.2 Å². The van der Waals surface area contributed by atoms with Gasteiger partial charge >= 0.3 is 12.5 Å². The van der Waals surface area contributed by atoms with Crippen LogP contribution in [0.4, 0.5) is 26.3 Å². The molecular formula is C27H29F6N3O3. The molecule has 1 aliphatic heterocycles. The van der Waals surface area contributed by atoms with E-state index in [2.05, 4.69) is 15.4 Å². The second-order valence-electron chi connectivity index (χ2n) is 9.97. The Hall–Kier alpha value is -3.28. The van der Waals surface area contributed by atoms with Crippen LogP contribution >= 0.6 is 0 Å². The molecule has 1 saturated heterocycles. The highest BCUT2D eigenvalue weighted by atomic mass is 19.4. The van der Waals surface area contributed by atoms with E-state index in [-0.39, 0.29) is 18.4 Å². The van der Waals surface area contributed by atoms with Crippen LogP contribution in [0.2, 0.25) is 0 Å². The summed E-state index contributed by atoms with van der Waals surface area (Å²) in [5, 5.41) is 5.98. The first kappa shape index (κ1) is 28.7. The van der Waals surface area contributed by atoms with Gasteiger partial charge in [0.2, 0.25) is 11.8 Å². The first-order valence-corrected chi connectivity index (χ1v) is 12.6. The second kappa shape index (κ2) is 11.1. The minimum Gasteiger partial charge on any atom is -0.406 e. The maximum atomic E-state index is 13.5. The Morgan fingerprint density at radius 1 is 0.974 bits per heavy atom. The number of nitrogens with zero attached hydrogens (tertiary/aromatic N) is 1. The maximum absolute atomic E-state index is 13.5. The van der Waals surface area contributed by atoms with Gasteiger partial charge in [-0.05, 0) is 68.1 Å². The topological polar surface area (TPSA) is 70.7 Å². The molecule has 4 rings (SSSR count). The molecule has 1 atom stereocenters. The van der Waals surface area contributed by atoms with Gasteiger partial charge in [-0.1, -0.05) is 24.3 Å². The predicted octanol–water partition coefficient (Wildman–Crippen LogP) is 4.57. The molecule has 0 bridgehead atoms. The molecule has 1 saturated carbocycles. The molecule has 1 heterocycles. The lowest BCUT2D eigenvalue weighted by molar-refractivity contribution is -0.274. The van der Waals surface area contributed by atoms with Crippen molar-refractivity contribution in [2.24, 2.45) is 0 Å². The predicted molar refractivity (Wildman–Crippen MR) is 130 cm³/mol. The second-order valence-corrected chi connectivity index (χ2v) is 9.97. The first-order valence-electron chi connectivity index (χ1n) is 12.6. The van der Waals surface area contributed by atoms with E-state index in [1.807, 2.05) is 7.05 Å². The molecule has 2 amide bonds. The van der Waals surface area contributed by atoms with E-state index in [0.717, 1.165) is 37.1 Å². The number of nitrogens with one attached hydrogen (secondary N) is 2. The minimum atomic E-state index is -4.84. The van der Waals surface area contributed by atoms with Gasteiger partial charge in [-0.15, -0.1) is 13.2 Å². The van der Waals surface area contributed by atoms with Gasteiger partial charge in [-0.25, -0.2) is 0 Å². The fraction of sp³-hybridized carbons (Fsp3) is 0.481.